The highest BCUT2D eigenvalue weighted by atomic mass is 32.2. The standard InChI is InChI=1S/C19H21N3O5S/c23-19-10-7-17(22(24)25)13-15(19)14-20-16-5-8-18(9-6-16)28(26,27)21-11-3-1-2-4-12-21/h5-10,13-14,23H,1-4,11-12H2/p-1. The third-order valence-corrected chi connectivity index (χ3v) is 6.51. The molecule has 0 N–H and O–H groups in total. The van der Waals surface area contributed by atoms with E-state index in [0.29, 0.717) is 18.8 Å². The van der Waals surface area contributed by atoms with Gasteiger partial charge in [-0.05, 0) is 42.7 Å². The second kappa shape index (κ2) is 8.49. The topological polar surface area (TPSA) is 116 Å². The minimum absolute atomic E-state index is 0.0930. The van der Waals surface area contributed by atoms with Crippen LogP contribution in [0.5, 0.6) is 5.75 Å². The van der Waals surface area contributed by atoms with E-state index in [0.717, 1.165) is 43.9 Å². The first-order valence-corrected chi connectivity index (χ1v) is 10.4. The number of nitro benzene ring substituents is 1. The lowest BCUT2D eigenvalue weighted by molar-refractivity contribution is -0.385. The molecule has 3 rings (SSSR count). The number of benzene rings is 2. The Hall–Kier alpha value is -2.78. The van der Waals surface area contributed by atoms with E-state index >= 15 is 0 Å². The fourth-order valence-corrected chi connectivity index (χ4v) is 4.55. The predicted octanol–water partition coefficient (Wildman–Crippen LogP) is 2.98. The van der Waals surface area contributed by atoms with Gasteiger partial charge < -0.3 is 5.11 Å². The molecule has 0 radical (unpaired) electrons. The molecule has 1 saturated heterocycles. The molecule has 28 heavy (non-hydrogen) atoms. The molecular formula is C19H20N3O5S-. The van der Waals surface area contributed by atoms with Gasteiger partial charge in [0.15, 0.2) is 0 Å². The maximum atomic E-state index is 12.8. The van der Waals surface area contributed by atoms with Crippen molar-refractivity contribution >= 4 is 27.6 Å². The minimum atomic E-state index is -3.53. The van der Waals surface area contributed by atoms with Gasteiger partial charge in [-0.25, -0.2) is 8.42 Å². The largest absolute Gasteiger partial charge is 0.872 e. The Labute approximate surface area is 163 Å². The number of rotatable bonds is 5. The normalized spacial score (nSPS) is 16.1. The summed E-state index contributed by atoms with van der Waals surface area (Å²) in [7, 11) is -3.53. The van der Waals surface area contributed by atoms with E-state index in [1.165, 1.54) is 22.7 Å². The summed E-state index contributed by atoms with van der Waals surface area (Å²) in [5.41, 5.74) is 0.344. The molecular weight excluding hydrogens is 382 g/mol. The number of hydrogen-bond acceptors (Lipinski definition) is 6. The van der Waals surface area contributed by atoms with Crippen LogP contribution in [0.1, 0.15) is 31.2 Å². The molecule has 0 atom stereocenters. The molecule has 9 heteroatoms. The SMILES string of the molecule is O=[N+]([O-])c1ccc([O-])c(C=Nc2ccc(S(=O)(=O)N3CCCCCC3)cc2)c1. The van der Waals surface area contributed by atoms with Crippen LogP contribution in [0.3, 0.4) is 0 Å². The molecule has 0 amide bonds. The van der Waals surface area contributed by atoms with Gasteiger partial charge in [-0.3, -0.25) is 15.1 Å². The van der Waals surface area contributed by atoms with E-state index in [1.54, 1.807) is 12.1 Å². The highest BCUT2D eigenvalue weighted by Gasteiger charge is 2.24. The van der Waals surface area contributed by atoms with E-state index in [9.17, 15) is 23.6 Å². The Kier molecular flexibility index (Phi) is 6.05. The zero-order valence-corrected chi connectivity index (χ0v) is 16.0. The van der Waals surface area contributed by atoms with Crippen molar-refractivity contribution < 1.29 is 18.4 Å². The van der Waals surface area contributed by atoms with Crippen molar-refractivity contribution in [2.24, 2.45) is 4.99 Å². The van der Waals surface area contributed by atoms with Gasteiger partial charge >= 0.3 is 0 Å². The number of sulfonamides is 1. The van der Waals surface area contributed by atoms with Crippen LogP contribution < -0.4 is 5.11 Å². The molecule has 0 aliphatic carbocycles. The average Bonchev–Trinajstić information content (AvgIpc) is 2.97. The Bertz CT molecular complexity index is 979. The minimum Gasteiger partial charge on any atom is -0.872 e. The van der Waals surface area contributed by atoms with Crippen LogP contribution in [0.15, 0.2) is 52.4 Å². The Morgan fingerprint density at radius 2 is 1.64 bits per heavy atom. The second-order valence-electron chi connectivity index (χ2n) is 6.55. The second-order valence-corrected chi connectivity index (χ2v) is 8.49. The van der Waals surface area contributed by atoms with Gasteiger partial charge in [0, 0.05) is 31.4 Å². The molecule has 8 nitrogen and oxygen atoms in total. The van der Waals surface area contributed by atoms with Crippen LogP contribution in [-0.4, -0.2) is 37.0 Å². The molecule has 1 fully saturated rings. The summed E-state index contributed by atoms with van der Waals surface area (Å²) in [6.07, 6.45) is 5.05. The zero-order chi connectivity index (χ0) is 20.1. The number of non-ortho nitro benzene ring substituents is 1. The molecule has 0 saturated carbocycles. The lowest BCUT2D eigenvalue weighted by Gasteiger charge is -2.19. The average molecular weight is 402 g/mol. The Balaban J connectivity index is 1.78. The lowest BCUT2D eigenvalue weighted by Crippen LogP contribution is -2.31. The smallest absolute Gasteiger partial charge is 0.270 e. The number of nitrogens with zero attached hydrogens (tertiary/aromatic N) is 3. The highest BCUT2D eigenvalue weighted by molar-refractivity contribution is 7.89. The molecule has 2 aromatic carbocycles. The molecule has 1 heterocycles. The molecule has 2 aromatic rings. The summed E-state index contributed by atoms with van der Waals surface area (Å²) in [6.45, 7) is 1.06. The van der Waals surface area contributed by atoms with Crippen molar-refractivity contribution in [3.8, 4) is 5.75 Å². The summed E-state index contributed by atoms with van der Waals surface area (Å²) in [5.74, 6) is -0.380. The molecule has 0 bridgehead atoms. The highest BCUT2D eigenvalue weighted by Crippen LogP contribution is 2.24. The zero-order valence-electron chi connectivity index (χ0n) is 15.2. The molecule has 148 valence electrons. The summed E-state index contributed by atoms with van der Waals surface area (Å²) < 4.78 is 27.0. The van der Waals surface area contributed by atoms with Crippen molar-refractivity contribution in [2.45, 2.75) is 30.6 Å². The molecule has 0 spiro atoms. The number of hydrogen-bond donors (Lipinski definition) is 0. The maximum absolute atomic E-state index is 12.8. The summed E-state index contributed by atoms with van der Waals surface area (Å²) in [4.78, 5) is 14.6. The van der Waals surface area contributed by atoms with Crippen molar-refractivity contribution in [2.75, 3.05) is 13.1 Å². The summed E-state index contributed by atoms with van der Waals surface area (Å²) in [5, 5.41) is 22.6. The maximum Gasteiger partial charge on any atom is 0.270 e. The predicted molar refractivity (Wildman–Crippen MR) is 103 cm³/mol. The Morgan fingerprint density at radius 3 is 2.25 bits per heavy atom. The van der Waals surface area contributed by atoms with Crippen LogP contribution in [0, 0.1) is 10.1 Å². The van der Waals surface area contributed by atoms with Crippen LogP contribution in [0.4, 0.5) is 11.4 Å². The van der Waals surface area contributed by atoms with Gasteiger partial charge in [0.1, 0.15) is 0 Å². The van der Waals surface area contributed by atoms with Crippen LogP contribution in [-0.2, 0) is 10.0 Å². The molecule has 0 aromatic heterocycles. The molecule has 1 aliphatic heterocycles. The van der Waals surface area contributed by atoms with E-state index in [2.05, 4.69) is 4.99 Å². The van der Waals surface area contributed by atoms with Crippen molar-refractivity contribution in [1.82, 2.24) is 4.31 Å². The van der Waals surface area contributed by atoms with Gasteiger partial charge in [-0.2, -0.15) is 4.31 Å². The van der Waals surface area contributed by atoms with Gasteiger partial charge in [-0.15, -0.1) is 0 Å². The van der Waals surface area contributed by atoms with Gasteiger partial charge in [0.05, 0.1) is 15.5 Å². The first kappa shape index (κ1) is 20.0. The van der Waals surface area contributed by atoms with Gasteiger partial charge in [-0.1, -0.05) is 24.7 Å². The molecule has 0 unspecified atom stereocenters. The van der Waals surface area contributed by atoms with E-state index in [-0.39, 0.29) is 21.9 Å². The van der Waals surface area contributed by atoms with E-state index in [4.69, 9.17) is 0 Å². The van der Waals surface area contributed by atoms with Crippen LogP contribution in [0.25, 0.3) is 0 Å². The quantitative estimate of drug-likeness (QED) is 0.433. The monoisotopic (exact) mass is 402 g/mol. The Morgan fingerprint density at radius 1 is 1.00 bits per heavy atom. The fourth-order valence-electron chi connectivity index (χ4n) is 3.03. The van der Waals surface area contributed by atoms with Crippen LogP contribution >= 0.6 is 0 Å². The third kappa shape index (κ3) is 4.55. The summed E-state index contributed by atoms with van der Waals surface area (Å²) >= 11 is 0. The first-order valence-electron chi connectivity index (χ1n) is 8.98. The van der Waals surface area contributed by atoms with Crippen LogP contribution in [0.2, 0.25) is 0 Å². The van der Waals surface area contributed by atoms with Gasteiger partial charge in [0.2, 0.25) is 10.0 Å². The first-order chi connectivity index (χ1) is 13.4. The number of aliphatic imine (C=N–C) groups is 1. The van der Waals surface area contributed by atoms with Gasteiger partial charge in [0.25, 0.3) is 5.69 Å². The summed E-state index contributed by atoms with van der Waals surface area (Å²) in [6, 6.07) is 9.48. The van der Waals surface area contributed by atoms with E-state index < -0.39 is 14.9 Å². The molecule has 1 aliphatic rings. The van der Waals surface area contributed by atoms with Crippen molar-refractivity contribution in [3.63, 3.8) is 0 Å². The number of nitro groups is 1. The fraction of sp³-hybridized carbons (Fsp3) is 0.316. The lowest BCUT2D eigenvalue weighted by atomic mass is 10.2. The van der Waals surface area contributed by atoms with Crippen molar-refractivity contribution in [3.05, 3.63) is 58.1 Å². The van der Waals surface area contributed by atoms with Crippen molar-refractivity contribution in [1.29, 1.82) is 0 Å². The third-order valence-electron chi connectivity index (χ3n) is 4.60. The van der Waals surface area contributed by atoms with E-state index in [1.807, 2.05) is 0 Å².